The van der Waals surface area contributed by atoms with Gasteiger partial charge in [0, 0.05) is 14.7 Å². The maximum absolute atomic E-state index is 14.0. The zero-order chi connectivity index (χ0) is 13.4. The van der Waals surface area contributed by atoms with Crippen LogP contribution in [0, 0.1) is 5.82 Å². The minimum absolute atomic E-state index is 0.128. The Kier molecular flexibility index (Phi) is 3.74. The minimum atomic E-state index is -0.202. The largest absolute Gasteiger partial charge is 0.207 e. The Hall–Kier alpha value is -0.710. The molecule has 1 unspecified atom stereocenters. The average Bonchev–Trinajstić information content (AvgIpc) is 2.82. The van der Waals surface area contributed by atoms with Crippen molar-refractivity contribution in [1.29, 1.82) is 0 Å². The van der Waals surface area contributed by atoms with Gasteiger partial charge in [-0.15, -0.1) is 11.3 Å². The van der Waals surface area contributed by atoms with Gasteiger partial charge >= 0.3 is 0 Å². The lowest BCUT2D eigenvalue weighted by molar-refractivity contribution is 0.613. The smallest absolute Gasteiger partial charge is 0.129 e. The van der Waals surface area contributed by atoms with Crippen molar-refractivity contribution in [2.24, 2.45) is 0 Å². The summed E-state index contributed by atoms with van der Waals surface area (Å²) in [6.45, 7) is 0. The highest BCUT2D eigenvalue weighted by Gasteiger charge is 2.18. The van der Waals surface area contributed by atoms with E-state index in [0.717, 1.165) is 10.0 Å². The summed E-state index contributed by atoms with van der Waals surface area (Å²) in [7, 11) is 0. The van der Waals surface area contributed by atoms with Gasteiger partial charge in [-0.25, -0.2) is 4.39 Å². The fourth-order valence-corrected chi connectivity index (χ4v) is 4.31. The average molecular weight is 400 g/mol. The van der Waals surface area contributed by atoms with Crippen LogP contribution in [0.3, 0.4) is 0 Å². The van der Waals surface area contributed by atoms with Crippen molar-refractivity contribution in [3.63, 3.8) is 0 Å². The van der Waals surface area contributed by atoms with E-state index < -0.39 is 0 Å². The first kappa shape index (κ1) is 13.3. The first-order valence-electron chi connectivity index (χ1n) is 5.72. The number of hydrogen-bond acceptors (Lipinski definition) is 1. The van der Waals surface area contributed by atoms with Crippen LogP contribution in [0.25, 0.3) is 10.1 Å². The molecular weight excluding hydrogens is 391 g/mol. The Morgan fingerprint density at radius 3 is 2.63 bits per heavy atom. The van der Waals surface area contributed by atoms with Crippen LogP contribution >= 0.6 is 43.2 Å². The topological polar surface area (TPSA) is 0 Å². The molecule has 0 aliphatic heterocycles. The van der Waals surface area contributed by atoms with Gasteiger partial charge in [0.15, 0.2) is 0 Å². The normalized spacial score (nSPS) is 12.8. The Morgan fingerprint density at radius 2 is 1.84 bits per heavy atom. The van der Waals surface area contributed by atoms with Gasteiger partial charge in [-0.1, -0.05) is 56.1 Å². The molecule has 96 valence electrons. The standard InChI is InChI=1S/C15H9Br2FS/c16-9-5-6-11(13(18)7-9)15(17)12-8-19-14-4-2-1-3-10(12)14/h1-8,15H. The van der Waals surface area contributed by atoms with E-state index in [9.17, 15) is 4.39 Å². The zero-order valence-corrected chi connectivity index (χ0v) is 13.7. The molecule has 0 aliphatic carbocycles. The molecule has 0 bridgehead atoms. The molecule has 0 N–H and O–H groups in total. The third-order valence-electron chi connectivity index (χ3n) is 3.02. The molecule has 0 saturated heterocycles. The molecule has 0 aliphatic rings. The Bertz CT molecular complexity index is 736. The van der Waals surface area contributed by atoms with Gasteiger partial charge in [0.25, 0.3) is 0 Å². The number of alkyl halides is 1. The molecular formula is C15H9Br2FS. The molecule has 1 heterocycles. The quantitative estimate of drug-likeness (QED) is 0.444. The molecule has 3 rings (SSSR count). The highest BCUT2D eigenvalue weighted by molar-refractivity contribution is 9.10. The van der Waals surface area contributed by atoms with E-state index in [0.29, 0.717) is 5.56 Å². The number of hydrogen-bond donors (Lipinski definition) is 0. The molecule has 1 aromatic heterocycles. The van der Waals surface area contributed by atoms with E-state index >= 15 is 0 Å². The number of rotatable bonds is 2. The van der Waals surface area contributed by atoms with E-state index in [1.807, 2.05) is 24.3 Å². The molecule has 0 spiro atoms. The van der Waals surface area contributed by atoms with Crippen LogP contribution in [0.1, 0.15) is 16.0 Å². The molecule has 0 radical (unpaired) electrons. The van der Waals surface area contributed by atoms with Gasteiger partial charge in [-0.2, -0.15) is 0 Å². The molecule has 19 heavy (non-hydrogen) atoms. The van der Waals surface area contributed by atoms with Crippen LogP contribution in [-0.4, -0.2) is 0 Å². The lowest BCUT2D eigenvalue weighted by Gasteiger charge is -2.11. The highest BCUT2D eigenvalue weighted by atomic mass is 79.9. The number of fused-ring (bicyclic) bond motifs is 1. The van der Waals surface area contributed by atoms with E-state index in [1.165, 1.54) is 16.2 Å². The summed E-state index contributed by atoms with van der Waals surface area (Å²) in [5.41, 5.74) is 1.77. The van der Waals surface area contributed by atoms with Crippen LogP contribution in [0.15, 0.2) is 52.3 Å². The Balaban J connectivity index is 2.10. The van der Waals surface area contributed by atoms with Crippen molar-refractivity contribution in [1.82, 2.24) is 0 Å². The van der Waals surface area contributed by atoms with Gasteiger partial charge in [0.05, 0.1) is 4.83 Å². The van der Waals surface area contributed by atoms with Crippen molar-refractivity contribution >= 4 is 53.3 Å². The molecule has 0 nitrogen and oxygen atoms in total. The summed E-state index contributed by atoms with van der Waals surface area (Å²) < 4.78 is 16.0. The van der Waals surface area contributed by atoms with Crippen LogP contribution < -0.4 is 0 Å². The van der Waals surface area contributed by atoms with E-state index in [4.69, 9.17) is 0 Å². The maximum atomic E-state index is 14.0. The fraction of sp³-hybridized carbons (Fsp3) is 0.0667. The first-order chi connectivity index (χ1) is 9.16. The van der Waals surface area contributed by atoms with Crippen molar-refractivity contribution < 1.29 is 4.39 Å². The van der Waals surface area contributed by atoms with E-state index in [1.54, 1.807) is 11.3 Å². The van der Waals surface area contributed by atoms with Crippen LogP contribution in [0.4, 0.5) is 4.39 Å². The summed E-state index contributed by atoms with van der Waals surface area (Å²) in [6.07, 6.45) is 0. The van der Waals surface area contributed by atoms with Crippen molar-refractivity contribution in [3.05, 3.63) is 69.3 Å². The molecule has 2 aromatic carbocycles. The number of benzene rings is 2. The molecule has 0 fully saturated rings. The second-order valence-corrected chi connectivity index (χ2v) is 6.96. The van der Waals surface area contributed by atoms with Gasteiger partial charge < -0.3 is 0 Å². The SMILES string of the molecule is Fc1cc(Br)ccc1C(Br)c1csc2ccccc12. The predicted octanol–water partition coefficient (Wildman–Crippen LogP) is 6.29. The van der Waals surface area contributed by atoms with Crippen LogP contribution in [0.2, 0.25) is 0 Å². The zero-order valence-electron chi connectivity index (χ0n) is 9.74. The summed E-state index contributed by atoms with van der Waals surface area (Å²) >= 11 is 8.59. The number of halogens is 3. The van der Waals surface area contributed by atoms with Gasteiger partial charge in [-0.05, 0) is 34.5 Å². The molecule has 4 heteroatoms. The molecule has 1 atom stereocenters. The molecule has 0 saturated carbocycles. The second-order valence-electron chi connectivity index (χ2n) is 4.22. The van der Waals surface area contributed by atoms with Crippen molar-refractivity contribution in [2.45, 2.75) is 4.83 Å². The summed E-state index contributed by atoms with van der Waals surface area (Å²) in [5, 5.41) is 3.27. The third-order valence-corrected chi connectivity index (χ3v) is 5.48. The lowest BCUT2D eigenvalue weighted by atomic mass is 10.0. The first-order valence-corrected chi connectivity index (χ1v) is 8.31. The van der Waals surface area contributed by atoms with Gasteiger partial charge in [-0.3, -0.25) is 0 Å². The Labute approximate surface area is 131 Å². The van der Waals surface area contributed by atoms with E-state index in [-0.39, 0.29) is 10.6 Å². The monoisotopic (exact) mass is 398 g/mol. The predicted molar refractivity (Wildman–Crippen MR) is 86.7 cm³/mol. The lowest BCUT2D eigenvalue weighted by Crippen LogP contribution is -1.95. The van der Waals surface area contributed by atoms with Crippen molar-refractivity contribution in [3.8, 4) is 0 Å². The van der Waals surface area contributed by atoms with Crippen LogP contribution in [0.5, 0.6) is 0 Å². The van der Waals surface area contributed by atoms with Crippen LogP contribution in [-0.2, 0) is 0 Å². The Morgan fingerprint density at radius 1 is 1.05 bits per heavy atom. The maximum Gasteiger partial charge on any atom is 0.129 e. The van der Waals surface area contributed by atoms with Gasteiger partial charge in [0.2, 0.25) is 0 Å². The summed E-state index contributed by atoms with van der Waals surface area (Å²) in [4.78, 5) is -0.128. The fourth-order valence-electron chi connectivity index (χ4n) is 2.07. The van der Waals surface area contributed by atoms with Gasteiger partial charge in [0.1, 0.15) is 5.82 Å². The minimum Gasteiger partial charge on any atom is -0.207 e. The number of thiophene rings is 1. The summed E-state index contributed by atoms with van der Waals surface area (Å²) in [5.74, 6) is -0.202. The van der Waals surface area contributed by atoms with E-state index in [2.05, 4.69) is 49.4 Å². The summed E-state index contributed by atoms with van der Waals surface area (Å²) in [6, 6.07) is 13.4. The molecule has 3 aromatic rings. The second kappa shape index (κ2) is 5.35. The highest BCUT2D eigenvalue weighted by Crippen LogP contribution is 2.39. The molecule has 0 amide bonds. The van der Waals surface area contributed by atoms with Crippen molar-refractivity contribution in [2.75, 3.05) is 0 Å². The third kappa shape index (κ3) is 2.49.